The van der Waals surface area contributed by atoms with E-state index >= 15 is 0 Å². The standard InChI is InChI=1S/C19H26N4O3/c1-6-23(7-2)16-10-8-15(9-11-16)19(25)26-12-17(24)20-18-13(3)21-22(5)14(18)4/h8-11H,6-7,12H2,1-5H3,(H,20,24). The second-order valence-electron chi connectivity index (χ2n) is 6.01. The minimum absolute atomic E-state index is 0.343. The number of nitrogens with zero attached hydrogens (tertiary/aromatic N) is 3. The Labute approximate surface area is 153 Å². The van der Waals surface area contributed by atoms with Crippen LogP contribution in [0.1, 0.15) is 35.6 Å². The molecule has 2 rings (SSSR count). The molecule has 2 aromatic rings. The zero-order chi connectivity index (χ0) is 19.3. The maximum atomic E-state index is 12.1. The summed E-state index contributed by atoms with van der Waals surface area (Å²) in [6, 6.07) is 7.19. The van der Waals surface area contributed by atoms with Crippen LogP contribution in [0.15, 0.2) is 24.3 Å². The van der Waals surface area contributed by atoms with E-state index < -0.39 is 11.9 Å². The molecule has 26 heavy (non-hydrogen) atoms. The molecule has 1 amide bonds. The van der Waals surface area contributed by atoms with Crippen LogP contribution in [0.4, 0.5) is 11.4 Å². The number of anilines is 2. The summed E-state index contributed by atoms with van der Waals surface area (Å²) in [7, 11) is 1.81. The molecule has 0 aliphatic heterocycles. The number of nitrogens with one attached hydrogen (secondary N) is 1. The SMILES string of the molecule is CCN(CC)c1ccc(C(=O)OCC(=O)Nc2c(C)nn(C)c2C)cc1. The molecule has 140 valence electrons. The monoisotopic (exact) mass is 358 g/mol. The number of esters is 1. The largest absolute Gasteiger partial charge is 0.452 e. The summed E-state index contributed by atoms with van der Waals surface area (Å²) >= 11 is 0. The van der Waals surface area contributed by atoms with Gasteiger partial charge in [-0.15, -0.1) is 0 Å². The van der Waals surface area contributed by atoms with Gasteiger partial charge in [0.1, 0.15) is 0 Å². The Bertz CT molecular complexity index is 777. The molecule has 1 aromatic heterocycles. The highest BCUT2D eigenvalue weighted by atomic mass is 16.5. The Morgan fingerprint density at radius 2 is 1.77 bits per heavy atom. The Hall–Kier alpha value is -2.83. The quantitative estimate of drug-likeness (QED) is 0.770. The fraction of sp³-hybridized carbons (Fsp3) is 0.421. The molecular weight excluding hydrogens is 332 g/mol. The molecule has 0 bridgehead atoms. The van der Waals surface area contributed by atoms with Gasteiger partial charge in [-0.1, -0.05) is 0 Å². The molecular formula is C19H26N4O3. The maximum absolute atomic E-state index is 12.1. The van der Waals surface area contributed by atoms with E-state index in [4.69, 9.17) is 4.74 Å². The molecule has 0 aliphatic rings. The van der Waals surface area contributed by atoms with Gasteiger partial charge in [-0.25, -0.2) is 4.79 Å². The Morgan fingerprint density at radius 3 is 2.27 bits per heavy atom. The summed E-state index contributed by atoms with van der Waals surface area (Å²) in [6.07, 6.45) is 0. The lowest BCUT2D eigenvalue weighted by Gasteiger charge is -2.20. The van der Waals surface area contributed by atoms with Crippen molar-refractivity contribution < 1.29 is 14.3 Å². The number of rotatable bonds is 7. The van der Waals surface area contributed by atoms with Crippen molar-refractivity contribution in [1.82, 2.24) is 9.78 Å². The van der Waals surface area contributed by atoms with Crippen molar-refractivity contribution in [2.75, 3.05) is 29.9 Å². The number of ether oxygens (including phenoxy) is 1. The van der Waals surface area contributed by atoms with E-state index in [1.807, 2.05) is 26.0 Å². The van der Waals surface area contributed by atoms with Crippen LogP contribution in [0.5, 0.6) is 0 Å². The Morgan fingerprint density at radius 1 is 1.15 bits per heavy atom. The first-order valence-corrected chi connectivity index (χ1v) is 8.69. The molecule has 0 atom stereocenters. The van der Waals surface area contributed by atoms with Gasteiger partial charge < -0.3 is 15.0 Å². The van der Waals surface area contributed by atoms with E-state index in [1.54, 1.807) is 23.9 Å². The van der Waals surface area contributed by atoms with Gasteiger partial charge in [0.05, 0.1) is 22.6 Å². The van der Waals surface area contributed by atoms with Crippen molar-refractivity contribution in [3.05, 3.63) is 41.2 Å². The highest BCUT2D eigenvalue weighted by molar-refractivity contribution is 5.96. The van der Waals surface area contributed by atoms with Crippen LogP contribution in [0.2, 0.25) is 0 Å². The van der Waals surface area contributed by atoms with E-state index in [9.17, 15) is 9.59 Å². The van der Waals surface area contributed by atoms with Crippen LogP contribution in [0.25, 0.3) is 0 Å². The first-order valence-electron chi connectivity index (χ1n) is 8.69. The number of amides is 1. The van der Waals surface area contributed by atoms with Crippen LogP contribution < -0.4 is 10.2 Å². The lowest BCUT2D eigenvalue weighted by atomic mass is 10.2. The fourth-order valence-corrected chi connectivity index (χ4v) is 2.74. The lowest BCUT2D eigenvalue weighted by molar-refractivity contribution is -0.119. The van der Waals surface area contributed by atoms with Crippen LogP contribution in [-0.4, -0.2) is 41.4 Å². The molecule has 1 aromatic carbocycles. The van der Waals surface area contributed by atoms with E-state index in [2.05, 4.69) is 29.2 Å². The summed E-state index contributed by atoms with van der Waals surface area (Å²) in [5, 5.41) is 6.97. The van der Waals surface area contributed by atoms with E-state index in [0.29, 0.717) is 11.3 Å². The van der Waals surface area contributed by atoms with Crippen molar-refractivity contribution in [1.29, 1.82) is 0 Å². The van der Waals surface area contributed by atoms with Gasteiger partial charge in [0, 0.05) is 25.8 Å². The molecule has 1 N–H and O–H groups in total. The smallest absolute Gasteiger partial charge is 0.338 e. The predicted octanol–water partition coefficient (Wildman–Crippen LogP) is 2.68. The van der Waals surface area contributed by atoms with Gasteiger partial charge >= 0.3 is 5.97 Å². The van der Waals surface area contributed by atoms with Crippen LogP contribution >= 0.6 is 0 Å². The summed E-state index contributed by atoms with van der Waals surface area (Å²) in [5.41, 5.74) is 3.68. The number of hydrogen-bond acceptors (Lipinski definition) is 5. The molecule has 1 heterocycles. The Kier molecular flexibility index (Phi) is 6.38. The second-order valence-corrected chi connectivity index (χ2v) is 6.01. The van der Waals surface area contributed by atoms with Crippen LogP contribution in [0, 0.1) is 13.8 Å². The third-order valence-corrected chi connectivity index (χ3v) is 4.34. The topological polar surface area (TPSA) is 76.5 Å². The number of carbonyl (C=O) groups is 2. The molecule has 0 unspecified atom stereocenters. The van der Waals surface area contributed by atoms with Crippen molar-refractivity contribution in [2.45, 2.75) is 27.7 Å². The molecule has 0 fully saturated rings. The van der Waals surface area contributed by atoms with Gasteiger partial charge in [-0.2, -0.15) is 5.10 Å². The van der Waals surface area contributed by atoms with Crippen LogP contribution in [-0.2, 0) is 16.6 Å². The number of benzene rings is 1. The van der Waals surface area contributed by atoms with Crippen molar-refractivity contribution in [3.63, 3.8) is 0 Å². The number of aryl methyl sites for hydroxylation is 2. The van der Waals surface area contributed by atoms with Gasteiger partial charge in [-0.05, 0) is 52.0 Å². The highest BCUT2D eigenvalue weighted by Gasteiger charge is 2.15. The Balaban J connectivity index is 1.92. The summed E-state index contributed by atoms with van der Waals surface area (Å²) < 4.78 is 6.80. The second kappa shape index (κ2) is 8.51. The molecule has 0 saturated heterocycles. The van der Waals surface area contributed by atoms with Gasteiger partial charge in [0.15, 0.2) is 6.61 Å². The summed E-state index contributed by atoms with van der Waals surface area (Å²) in [6.45, 7) is 9.28. The van der Waals surface area contributed by atoms with Crippen molar-refractivity contribution in [2.24, 2.45) is 7.05 Å². The normalized spacial score (nSPS) is 10.5. The molecule has 7 heteroatoms. The summed E-state index contributed by atoms with van der Waals surface area (Å²) in [4.78, 5) is 26.4. The van der Waals surface area contributed by atoms with Crippen molar-refractivity contribution >= 4 is 23.3 Å². The molecule has 0 aliphatic carbocycles. The number of carbonyl (C=O) groups excluding carboxylic acids is 2. The maximum Gasteiger partial charge on any atom is 0.338 e. The van der Waals surface area contributed by atoms with E-state index in [1.165, 1.54) is 0 Å². The molecule has 7 nitrogen and oxygen atoms in total. The average Bonchev–Trinajstić information content (AvgIpc) is 2.87. The molecule has 0 spiro atoms. The third-order valence-electron chi connectivity index (χ3n) is 4.34. The van der Waals surface area contributed by atoms with E-state index in [-0.39, 0.29) is 6.61 Å². The van der Waals surface area contributed by atoms with Gasteiger partial charge in [0.2, 0.25) is 0 Å². The lowest BCUT2D eigenvalue weighted by Crippen LogP contribution is -2.22. The molecule has 0 saturated carbocycles. The number of aromatic nitrogens is 2. The van der Waals surface area contributed by atoms with E-state index in [0.717, 1.165) is 30.2 Å². The first kappa shape index (κ1) is 19.5. The zero-order valence-electron chi connectivity index (χ0n) is 16.0. The summed E-state index contributed by atoms with van der Waals surface area (Å²) in [5.74, 6) is -0.914. The third kappa shape index (κ3) is 4.41. The number of hydrogen-bond donors (Lipinski definition) is 1. The predicted molar refractivity (Wildman–Crippen MR) is 102 cm³/mol. The zero-order valence-corrected chi connectivity index (χ0v) is 16.0. The van der Waals surface area contributed by atoms with Gasteiger partial charge in [0.25, 0.3) is 5.91 Å². The highest BCUT2D eigenvalue weighted by Crippen LogP contribution is 2.18. The first-order chi connectivity index (χ1) is 12.4. The molecule has 0 radical (unpaired) electrons. The average molecular weight is 358 g/mol. The minimum Gasteiger partial charge on any atom is -0.452 e. The minimum atomic E-state index is -0.522. The fourth-order valence-electron chi connectivity index (χ4n) is 2.74. The van der Waals surface area contributed by atoms with Crippen molar-refractivity contribution in [3.8, 4) is 0 Å². The van der Waals surface area contributed by atoms with Gasteiger partial charge in [-0.3, -0.25) is 9.48 Å². The van der Waals surface area contributed by atoms with Crippen LogP contribution in [0.3, 0.4) is 0 Å².